The van der Waals surface area contributed by atoms with E-state index < -0.39 is 0 Å². The van der Waals surface area contributed by atoms with E-state index in [1.54, 1.807) is 0 Å². The van der Waals surface area contributed by atoms with Crippen LogP contribution < -0.4 is 5.32 Å². The molecule has 0 radical (unpaired) electrons. The summed E-state index contributed by atoms with van der Waals surface area (Å²) in [7, 11) is 0. The van der Waals surface area contributed by atoms with Gasteiger partial charge in [0.15, 0.2) is 0 Å². The smallest absolute Gasteiger partial charge is 0.106 e. The van der Waals surface area contributed by atoms with E-state index >= 15 is 0 Å². The molecule has 1 aromatic heterocycles. The Balaban J connectivity index is 2.23. The first-order valence-electron chi connectivity index (χ1n) is 5.58. The van der Waals surface area contributed by atoms with Crippen LogP contribution in [0.15, 0.2) is 0 Å². The van der Waals surface area contributed by atoms with Crippen LogP contribution in [-0.4, -0.2) is 16.1 Å². The third-order valence-corrected chi connectivity index (χ3v) is 2.93. The van der Waals surface area contributed by atoms with E-state index in [9.17, 15) is 0 Å². The molecule has 0 fully saturated rings. The molecule has 0 unspecified atom stereocenters. The zero-order valence-corrected chi connectivity index (χ0v) is 9.14. The van der Waals surface area contributed by atoms with Gasteiger partial charge in [-0.05, 0) is 32.7 Å². The topological polar surface area (TPSA) is 29.9 Å². The summed E-state index contributed by atoms with van der Waals surface area (Å²) in [6.07, 6.45) is 3.84. The van der Waals surface area contributed by atoms with Gasteiger partial charge in [0.1, 0.15) is 5.82 Å². The molecule has 3 nitrogen and oxygen atoms in total. The van der Waals surface area contributed by atoms with Gasteiger partial charge in [-0.15, -0.1) is 0 Å². The molecule has 78 valence electrons. The Morgan fingerprint density at radius 1 is 1.43 bits per heavy atom. The van der Waals surface area contributed by atoms with Crippen molar-refractivity contribution in [3.05, 3.63) is 17.2 Å². The number of aryl methyl sites for hydroxylation is 1. The molecule has 1 aliphatic heterocycles. The van der Waals surface area contributed by atoms with Crippen LogP contribution >= 0.6 is 0 Å². The molecule has 14 heavy (non-hydrogen) atoms. The highest BCUT2D eigenvalue weighted by Gasteiger charge is 2.16. The molecule has 1 aliphatic rings. The van der Waals surface area contributed by atoms with E-state index in [2.05, 4.69) is 28.7 Å². The third kappa shape index (κ3) is 1.69. The summed E-state index contributed by atoms with van der Waals surface area (Å²) in [6.45, 7) is 7.37. The van der Waals surface area contributed by atoms with Gasteiger partial charge in [-0.2, -0.15) is 0 Å². The number of hydrogen-bond donors (Lipinski definition) is 1. The molecule has 0 spiro atoms. The van der Waals surface area contributed by atoms with Gasteiger partial charge in [0.05, 0.1) is 5.69 Å². The minimum atomic E-state index is 0.930. The number of imidazole rings is 1. The van der Waals surface area contributed by atoms with Crippen LogP contribution in [0, 0.1) is 6.92 Å². The number of fused-ring (bicyclic) bond motifs is 1. The van der Waals surface area contributed by atoms with Gasteiger partial charge in [-0.25, -0.2) is 4.98 Å². The van der Waals surface area contributed by atoms with Crippen LogP contribution in [0.25, 0.3) is 0 Å². The molecule has 0 aliphatic carbocycles. The Morgan fingerprint density at radius 2 is 2.29 bits per heavy atom. The van der Waals surface area contributed by atoms with Crippen LogP contribution in [0.2, 0.25) is 0 Å². The van der Waals surface area contributed by atoms with Crippen molar-refractivity contribution >= 4 is 0 Å². The number of hydrogen-bond acceptors (Lipinski definition) is 2. The molecule has 3 heteroatoms. The molecule has 0 aromatic carbocycles. The number of nitrogens with one attached hydrogen (secondary N) is 1. The molecule has 0 atom stereocenters. The Morgan fingerprint density at radius 3 is 3.07 bits per heavy atom. The lowest BCUT2D eigenvalue weighted by Crippen LogP contribution is -2.16. The second-order valence-electron chi connectivity index (χ2n) is 3.94. The summed E-state index contributed by atoms with van der Waals surface area (Å²) in [5.41, 5.74) is 2.73. The maximum absolute atomic E-state index is 4.63. The first-order valence-corrected chi connectivity index (χ1v) is 5.58. The van der Waals surface area contributed by atoms with Gasteiger partial charge >= 0.3 is 0 Å². The van der Waals surface area contributed by atoms with Crippen molar-refractivity contribution in [2.24, 2.45) is 0 Å². The Bertz CT molecular complexity index is 315. The first kappa shape index (κ1) is 9.71. The molecular formula is C11H19N3. The fraction of sp³-hybridized carbons (Fsp3) is 0.727. The predicted molar refractivity (Wildman–Crippen MR) is 57.3 cm³/mol. The zero-order valence-electron chi connectivity index (χ0n) is 9.14. The van der Waals surface area contributed by atoms with Crippen molar-refractivity contribution in [1.29, 1.82) is 0 Å². The molecule has 0 bridgehead atoms. The molecule has 2 rings (SSSR count). The van der Waals surface area contributed by atoms with Gasteiger partial charge in [0.25, 0.3) is 0 Å². The third-order valence-electron chi connectivity index (χ3n) is 2.93. The Labute approximate surface area is 85.5 Å². The van der Waals surface area contributed by atoms with E-state index in [4.69, 9.17) is 0 Å². The highest BCUT2D eigenvalue weighted by Crippen LogP contribution is 2.20. The van der Waals surface area contributed by atoms with Crippen molar-refractivity contribution in [3.8, 4) is 0 Å². The summed E-state index contributed by atoms with van der Waals surface area (Å²) >= 11 is 0. The van der Waals surface area contributed by atoms with Gasteiger partial charge in [0.2, 0.25) is 0 Å². The minimum Gasteiger partial charge on any atom is -0.332 e. The molecule has 1 aromatic rings. The largest absolute Gasteiger partial charge is 0.332 e. The second-order valence-corrected chi connectivity index (χ2v) is 3.94. The molecule has 1 N–H and O–H groups in total. The molecule has 0 amide bonds. The van der Waals surface area contributed by atoms with E-state index in [0.717, 1.165) is 13.1 Å². The van der Waals surface area contributed by atoms with Crippen molar-refractivity contribution in [2.45, 2.75) is 46.2 Å². The Kier molecular flexibility index (Phi) is 2.87. The predicted octanol–water partition coefficient (Wildman–Crippen LogP) is 1.64. The average molecular weight is 193 g/mol. The zero-order chi connectivity index (χ0) is 9.97. The summed E-state index contributed by atoms with van der Waals surface area (Å²) in [6, 6.07) is 0. The summed E-state index contributed by atoms with van der Waals surface area (Å²) in [5.74, 6) is 1.19. The Hall–Kier alpha value is -0.830. The summed E-state index contributed by atoms with van der Waals surface area (Å²) < 4.78 is 2.39. The van der Waals surface area contributed by atoms with Crippen LogP contribution in [0.3, 0.4) is 0 Å². The average Bonchev–Trinajstić information content (AvgIpc) is 2.54. The molecular weight excluding hydrogens is 174 g/mol. The summed E-state index contributed by atoms with van der Waals surface area (Å²) in [5, 5.41) is 3.35. The lowest BCUT2D eigenvalue weighted by Gasteiger charge is -2.16. The van der Waals surface area contributed by atoms with Crippen LogP contribution in [-0.2, 0) is 19.5 Å². The van der Waals surface area contributed by atoms with Gasteiger partial charge < -0.3 is 9.88 Å². The maximum Gasteiger partial charge on any atom is 0.106 e. The van der Waals surface area contributed by atoms with Gasteiger partial charge in [-0.1, -0.05) is 6.92 Å². The van der Waals surface area contributed by atoms with Crippen molar-refractivity contribution < 1.29 is 0 Å². The molecule has 0 saturated heterocycles. The fourth-order valence-corrected chi connectivity index (χ4v) is 2.19. The highest BCUT2D eigenvalue weighted by atomic mass is 15.1. The van der Waals surface area contributed by atoms with Crippen LogP contribution in [0.1, 0.15) is 37.0 Å². The van der Waals surface area contributed by atoms with Gasteiger partial charge in [-0.3, -0.25) is 0 Å². The van der Waals surface area contributed by atoms with Crippen LogP contribution in [0.4, 0.5) is 0 Å². The van der Waals surface area contributed by atoms with E-state index in [-0.39, 0.29) is 0 Å². The highest BCUT2D eigenvalue weighted by molar-refractivity contribution is 5.18. The first-order chi connectivity index (χ1) is 6.83. The lowest BCUT2D eigenvalue weighted by molar-refractivity contribution is 0.518. The lowest BCUT2D eigenvalue weighted by atomic mass is 10.1. The monoisotopic (exact) mass is 193 g/mol. The quantitative estimate of drug-likeness (QED) is 0.791. The van der Waals surface area contributed by atoms with Crippen molar-refractivity contribution in [1.82, 2.24) is 14.9 Å². The normalized spacial score (nSPS) is 15.6. The second kappa shape index (κ2) is 4.13. The van der Waals surface area contributed by atoms with E-state index in [0.29, 0.717) is 0 Å². The van der Waals surface area contributed by atoms with Crippen molar-refractivity contribution in [2.75, 3.05) is 6.54 Å². The maximum atomic E-state index is 4.63. The van der Waals surface area contributed by atoms with E-state index in [1.807, 2.05) is 0 Å². The molecule has 2 heterocycles. The standard InChI is InChI=1S/C11H19N3/c1-3-12-8-10-11-6-4-5-7-14(11)9(2)13-10/h12H,3-8H2,1-2H3. The number of rotatable bonds is 3. The molecule has 0 saturated carbocycles. The minimum absolute atomic E-state index is 0.930. The SMILES string of the molecule is CCNCc1nc(C)n2c1CCCC2. The summed E-state index contributed by atoms with van der Waals surface area (Å²) in [4.78, 5) is 4.63. The van der Waals surface area contributed by atoms with E-state index in [1.165, 1.54) is 43.0 Å². The fourth-order valence-electron chi connectivity index (χ4n) is 2.19. The number of nitrogens with zero attached hydrogens (tertiary/aromatic N) is 2. The van der Waals surface area contributed by atoms with Crippen LogP contribution in [0.5, 0.6) is 0 Å². The van der Waals surface area contributed by atoms with Crippen molar-refractivity contribution in [3.63, 3.8) is 0 Å². The number of aromatic nitrogens is 2. The van der Waals surface area contributed by atoms with Gasteiger partial charge in [0, 0.05) is 18.8 Å².